The van der Waals surface area contributed by atoms with Gasteiger partial charge in [-0.3, -0.25) is 9.78 Å². The molecule has 0 bridgehead atoms. The fourth-order valence-corrected chi connectivity index (χ4v) is 3.78. The standard InChI is InChI=1S/C21H26N4O/c26-21(25-14-2-1-3-15-25)20-16-18(10-11-22-20)23-17-6-8-19(9-7-17)24-12-4-5-13-24/h6-11,16H,1-5,12-15H2,(H,22,23). The van der Waals surface area contributed by atoms with E-state index >= 15 is 0 Å². The summed E-state index contributed by atoms with van der Waals surface area (Å²) >= 11 is 0. The van der Waals surface area contributed by atoms with Gasteiger partial charge in [0.25, 0.3) is 5.91 Å². The summed E-state index contributed by atoms with van der Waals surface area (Å²) in [6.07, 6.45) is 7.67. The van der Waals surface area contributed by atoms with Crippen LogP contribution in [0.15, 0.2) is 42.6 Å². The molecule has 136 valence electrons. The van der Waals surface area contributed by atoms with E-state index in [4.69, 9.17) is 0 Å². The Balaban J connectivity index is 1.44. The Morgan fingerprint density at radius 1 is 0.846 bits per heavy atom. The Morgan fingerprint density at radius 2 is 1.54 bits per heavy atom. The Bertz CT molecular complexity index is 747. The van der Waals surface area contributed by atoms with Crippen molar-refractivity contribution in [1.82, 2.24) is 9.88 Å². The molecule has 1 aromatic carbocycles. The third kappa shape index (κ3) is 3.82. The van der Waals surface area contributed by atoms with Crippen LogP contribution < -0.4 is 10.2 Å². The van der Waals surface area contributed by atoms with Gasteiger partial charge in [0.1, 0.15) is 5.69 Å². The van der Waals surface area contributed by atoms with E-state index in [1.54, 1.807) is 6.20 Å². The molecule has 0 unspecified atom stereocenters. The average Bonchev–Trinajstić information content (AvgIpc) is 3.24. The van der Waals surface area contributed by atoms with Crippen LogP contribution in [-0.2, 0) is 0 Å². The smallest absolute Gasteiger partial charge is 0.272 e. The number of anilines is 3. The molecule has 0 radical (unpaired) electrons. The van der Waals surface area contributed by atoms with Crippen molar-refractivity contribution in [3.05, 3.63) is 48.3 Å². The van der Waals surface area contributed by atoms with Gasteiger partial charge < -0.3 is 15.1 Å². The number of rotatable bonds is 4. The zero-order valence-corrected chi connectivity index (χ0v) is 15.2. The number of pyridine rings is 1. The van der Waals surface area contributed by atoms with E-state index in [2.05, 4.69) is 39.5 Å². The minimum absolute atomic E-state index is 0.0396. The highest BCUT2D eigenvalue weighted by Crippen LogP contribution is 2.24. The monoisotopic (exact) mass is 350 g/mol. The molecule has 4 rings (SSSR count). The molecule has 0 spiro atoms. The van der Waals surface area contributed by atoms with E-state index < -0.39 is 0 Å². The number of likely N-dealkylation sites (tertiary alicyclic amines) is 1. The molecule has 5 heteroatoms. The first-order chi connectivity index (χ1) is 12.8. The number of piperidine rings is 1. The molecule has 0 aliphatic carbocycles. The molecule has 2 fully saturated rings. The number of hydrogen-bond donors (Lipinski definition) is 1. The number of carbonyl (C=O) groups excluding carboxylic acids is 1. The van der Waals surface area contributed by atoms with Crippen LogP contribution in [0.2, 0.25) is 0 Å². The van der Waals surface area contributed by atoms with Gasteiger partial charge in [-0.15, -0.1) is 0 Å². The Kier molecular flexibility index (Phi) is 5.04. The highest BCUT2D eigenvalue weighted by Gasteiger charge is 2.19. The summed E-state index contributed by atoms with van der Waals surface area (Å²) in [4.78, 5) is 21.3. The van der Waals surface area contributed by atoms with Crippen molar-refractivity contribution < 1.29 is 4.79 Å². The van der Waals surface area contributed by atoms with Crippen molar-refractivity contribution in [2.75, 3.05) is 36.4 Å². The van der Waals surface area contributed by atoms with Gasteiger partial charge in [-0.1, -0.05) is 0 Å². The lowest BCUT2D eigenvalue weighted by molar-refractivity contribution is 0.0718. The third-order valence-electron chi connectivity index (χ3n) is 5.25. The fourth-order valence-electron chi connectivity index (χ4n) is 3.78. The summed E-state index contributed by atoms with van der Waals surface area (Å²) in [5, 5.41) is 3.39. The average molecular weight is 350 g/mol. The molecule has 2 saturated heterocycles. The molecule has 2 aliphatic rings. The summed E-state index contributed by atoms with van der Waals surface area (Å²) in [7, 11) is 0. The van der Waals surface area contributed by atoms with E-state index in [0.29, 0.717) is 5.69 Å². The van der Waals surface area contributed by atoms with Crippen molar-refractivity contribution in [2.24, 2.45) is 0 Å². The predicted molar refractivity (Wildman–Crippen MR) is 105 cm³/mol. The Morgan fingerprint density at radius 3 is 2.27 bits per heavy atom. The van der Waals surface area contributed by atoms with Crippen LogP contribution in [0, 0.1) is 0 Å². The van der Waals surface area contributed by atoms with Gasteiger partial charge in [0.05, 0.1) is 0 Å². The lowest BCUT2D eigenvalue weighted by Gasteiger charge is -2.26. The molecule has 5 nitrogen and oxygen atoms in total. The molecule has 0 atom stereocenters. The summed E-state index contributed by atoms with van der Waals surface area (Å²) in [6.45, 7) is 3.99. The highest BCUT2D eigenvalue weighted by atomic mass is 16.2. The lowest BCUT2D eigenvalue weighted by Crippen LogP contribution is -2.36. The molecule has 1 N–H and O–H groups in total. The number of nitrogens with zero attached hydrogens (tertiary/aromatic N) is 3. The van der Waals surface area contributed by atoms with Crippen LogP contribution in [0.5, 0.6) is 0 Å². The topological polar surface area (TPSA) is 48.5 Å². The second kappa shape index (κ2) is 7.77. The second-order valence-electron chi connectivity index (χ2n) is 7.15. The zero-order valence-electron chi connectivity index (χ0n) is 15.2. The Hall–Kier alpha value is -2.56. The number of hydrogen-bond acceptors (Lipinski definition) is 4. The van der Waals surface area contributed by atoms with Crippen LogP contribution in [0.1, 0.15) is 42.6 Å². The first-order valence-electron chi connectivity index (χ1n) is 9.67. The fraction of sp³-hybridized carbons (Fsp3) is 0.429. The minimum Gasteiger partial charge on any atom is -0.372 e. The summed E-state index contributed by atoms with van der Waals surface area (Å²) in [5.74, 6) is 0.0396. The zero-order chi connectivity index (χ0) is 17.8. The molecule has 2 aromatic rings. The van der Waals surface area contributed by atoms with E-state index in [1.165, 1.54) is 24.9 Å². The van der Waals surface area contributed by atoms with Gasteiger partial charge in [-0.25, -0.2) is 0 Å². The van der Waals surface area contributed by atoms with Gasteiger partial charge >= 0.3 is 0 Å². The second-order valence-corrected chi connectivity index (χ2v) is 7.15. The minimum atomic E-state index is 0.0396. The van der Waals surface area contributed by atoms with Crippen LogP contribution in [0.25, 0.3) is 0 Å². The highest BCUT2D eigenvalue weighted by molar-refractivity contribution is 5.93. The van der Waals surface area contributed by atoms with Crippen LogP contribution in [0.3, 0.4) is 0 Å². The first-order valence-corrected chi connectivity index (χ1v) is 9.67. The van der Waals surface area contributed by atoms with Gasteiger partial charge in [-0.05, 0) is 68.5 Å². The van der Waals surface area contributed by atoms with Crippen molar-refractivity contribution in [1.29, 1.82) is 0 Å². The van der Waals surface area contributed by atoms with Gasteiger partial charge in [0.15, 0.2) is 0 Å². The maximum Gasteiger partial charge on any atom is 0.272 e. The summed E-state index contributed by atoms with van der Waals surface area (Å²) in [6, 6.07) is 12.3. The van der Waals surface area contributed by atoms with E-state index in [9.17, 15) is 4.79 Å². The van der Waals surface area contributed by atoms with Crippen molar-refractivity contribution in [2.45, 2.75) is 32.1 Å². The molecule has 1 aromatic heterocycles. The van der Waals surface area contributed by atoms with Crippen molar-refractivity contribution >= 4 is 23.0 Å². The van der Waals surface area contributed by atoms with Crippen LogP contribution in [0.4, 0.5) is 17.1 Å². The molecular formula is C21H26N4O. The molecule has 26 heavy (non-hydrogen) atoms. The third-order valence-corrected chi connectivity index (χ3v) is 5.25. The molecule has 1 amide bonds. The number of nitrogens with one attached hydrogen (secondary N) is 1. The summed E-state index contributed by atoms with van der Waals surface area (Å²) < 4.78 is 0. The van der Waals surface area contributed by atoms with Gasteiger partial charge in [0, 0.05) is 49.4 Å². The number of carbonyl (C=O) groups is 1. The van der Waals surface area contributed by atoms with Crippen LogP contribution in [-0.4, -0.2) is 42.0 Å². The number of aromatic nitrogens is 1. The normalized spacial score (nSPS) is 17.4. The molecule has 3 heterocycles. The largest absolute Gasteiger partial charge is 0.372 e. The quantitative estimate of drug-likeness (QED) is 0.904. The maximum absolute atomic E-state index is 12.6. The predicted octanol–water partition coefficient (Wildman–Crippen LogP) is 4.05. The molecule has 2 aliphatic heterocycles. The Labute approximate surface area is 155 Å². The van der Waals surface area contributed by atoms with Crippen molar-refractivity contribution in [3.63, 3.8) is 0 Å². The molecular weight excluding hydrogens is 324 g/mol. The lowest BCUT2D eigenvalue weighted by atomic mass is 10.1. The first kappa shape index (κ1) is 16.9. The van der Waals surface area contributed by atoms with Crippen LogP contribution >= 0.6 is 0 Å². The summed E-state index contributed by atoms with van der Waals surface area (Å²) in [5.41, 5.74) is 3.72. The number of benzene rings is 1. The van der Waals surface area contributed by atoms with Gasteiger partial charge in [0.2, 0.25) is 0 Å². The van der Waals surface area contributed by atoms with Gasteiger partial charge in [-0.2, -0.15) is 0 Å². The SMILES string of the molecule is O=C(c1cc(Nc2ccc(N3CCCC3)cc2)ccn1)N1CCCCC1. The van der Waals surface area contributed by atoms with Crippen molar-refractivity contribution in [3.8, 4) is 0 Å². The number of amides is 1. The van der Waals surface area contributed by atoms with E-state index in [1.807, 2.05) is 17.0 Å². The molecule has 0 saturated carbocycles. The van der Waals surface area contributed by atoms with E-state index in [0.717, 1.165) is 50.4 Å². The van der Waals surface area contributed by atoms with E-state index in [-0.39, 0.29) is 5.91 Å². The maximum atomic E-state index is 12.6.